The lowest BCUT2D eigenvalue weighted by Crippen LogP contribution is -2.27. The van der Waals surface area contributed by atoms with E-state index in [1.54, 1.807) is 7.05 Å². The number of carbonyl (C=O) groups is 1. The summed E-state index contributed by atoms with van der Waals surface area (Å²) in [5.41, 5.74) is 4.96. The van der Waals surface area contributed by atoms with Crippen LogP contribution in [0, 0.1) is 5.92 Å². The first kappa shape index (κ1) is 20.8. The standard InChI is InChI=1S/C20H29FN6O3/c1-20(21)9-13(10-29-14(28)8-12-6-4-3-5-7-12)30-18(20)27-11-24-15-16(23-2)25-19(22)26-17(15)27/h11-13,18H,3-10H2,1-2H3,(H3,22,23,25,26)/t13-,18+,20+/m0/s1. The molecule has 0 amide bonds. The monoisotopic (exact) mass is 420 g/mol. The first-order valence-electron chi connectivity index (χ1n) is 10.5. The third-order valence-electron chi connectivity index (χ3n) is 6.00. The molecule has 4 rings (SSSR count). The molecule has 3 N–H and O–H groups in total. The first-order valence-corrected chi connectivity index (χ1v) is 10.5. The van der Waals surface area contributed by atoms with E-state index in [1.165, 1.54) is 37.1 Å². The Balaban J connectivity index is 1.43. The molecular formula is C20H29FN6O3. The number of aromatic nitrogens is 4. The van der Waals surface area contributed by atoms with E-state index in [1.807, 2.05) is 0 Å². The van der Waals surface area contributed by atoms with Gasteiger partial charge in [-0.1, -0.05) is 19.3 Å². The number of halogens is 1. The molecule has 0 radical (unpaired) electrons. The molecule has 0 spiro atoms. The lowest BCUT2D eigenvalue weighted by molar-refractivity contribution is -0.150. The minimum atomic E-state index is -1.69. The van der Waals surface area contributed by atoms with Crippen LogP contribution in [0.15, 0.2) is 6.33 Å². The van der Waals surface area contributed by atoms with Crippen LogP contribution in [0.2, 0.25) is 0 Å². The topological polar surface area (TPSA) is 117 Å². The van der Waals surface area contributed by atoms with Crippen molar-refractivity contribution in [3.63, 3.8) is 0 Å². The number of nitrogens with zero attached hydrogens (tertiary/aromatic N) is 4. The number of imidazole rings is 1. The average Bonchev–Trinajstić information content (AvgIpc) is 3.26. The van der Waals surface area contributed by atoms with Gasteiger partial charge in [0.25, 0.3) is 0 Å². The zero-order valence-corrected chi connectivity index (χ0v) is 17.4. The molecule has 2 aromatic heterocycles. The third kappa shape index (κ3) is 4.19. The van der Waals surface area contributed by atoms with Crippen molar-refractivity contribution in [3.8, 4) is 0 Å². The number of anilines is 2. The molecule has 9 nitrogen and oxygen atoms in total. The highest BCUT2D eigenvalue weighted by molar-refractivity contribution is 5.84. The second-order valence-electron chi connectivity index (χ2n) is 8.49. The number of ether oxygens (including phenoxy) is 2. The number of nitrogens with two attached hydrogens (primary N) is 1. The molecule has 2 aliphatic rings. The molecule has 3 atom stereocenters. The molecule has 10 heteroatoms. The number of rotatable bonds is 6. The minimum absolute atomic E-state index is 0.0348. The molecule has 2 aromatic rings. The number of nitrogen functional groups attached to an aromatic ring is 1. The second-order valence-corrected chi connectivity index (χ2v) is 8.49. The molecule has 0 unspecified atom stereocenters. The van der Waals surface area contributed by atoms with Gasteiger partial charge in [-0.05, 0) is 25.7 Å². The quantitative estimate of drug-likeness (QED) is 0.685. The summed E-state index contributed by atoms with van der Waals surface area (Å²) in [6.45, 7) is 1.50. The Morgan fingerprint density at radius 1 is 1.40 bits per heavy atom. The fourth-order valence-corrected chi connectivity index (χ4v) is 4.52. The highest BCUT2D eigenvalue weighted by Crippen LogP contribution is 2.42. The van der Waals surface area contributed by atoms with Crippen molar-refractivity contribution < 1.29 is 18.7 Å². The summed E-state index contributed by atoms with van der Waals surface area (Å²) in [6.07, 6.45) is 6.25. The molecule has 3 heterocycles. The summed E-state index contributed by atoms with van der Waals surface area (Å²) in [4.78, 5) is 24.8. The van der Waals surface area contributed by atoms with E-state index in [0.717, 1.165) is 12.8 Å². The Hall–Kier alpha value is -2.49. The molecular weight excluding hydrogens is 391 g/mol. The van der Waals surface area contributed by atoms with E-state index in [-0.39, 0.29) is 24.9 Å². The van der Waals surface area contributed by atoms with E-state index < -0.39 is 18.0 Å². The summed E-state index contributed by atoms with van der Waals surface area (Å²) in [5.74, 6) is 0.684. The van der Waals surface area contributed by atoms with Gasteiger partial charge < -0.3 is 20.5 Å². The van der Waals surface area contributed by atoms with Crippen molar-refractivity contribution in [2.45, 2.75) is 69.9 Å². The summed E-state index contributed by atoms with van der Waals surface area (Å²) in [7, 11) is 1.70. The van der Waals surface area contributed by atoms with Crippen molar-refractivity contribution in [3.05, 3.63) is 6.33 Å². The highest BCUT2D eigenvalue weighted by Gasteiger charge is 2.48. The van der Waals surface area contributed by atoms with Crippen LogP contribution < -0.4 is 11.1 Å². The van der Waals surface area contributed by atoms with Crippen LogP contribution in [-0.2, 0) is 14.3 Å². The van der Waals surface area contributed by atoms with Gasteiger partial charge >= 0.3 is 5.97 Å². The molecule has 30 heavy (non-hydrogen) atoms. The molecule has 0 bridgehead atoms. The fourth-order valence-electron chi connectivity index (χ4n) is 4.52. The Morgan fingerprint density at radius 2 is 2.17 bits per heavy atom. The average molecular weight is 420 g/mol. The molecule has 1 aliphatic heterocycles. The van der Waals surface area contributed by atoms with E-state index in [9.17, 15) is 4.79 Å². The van der Waals surface area contributed by atoms with Crippen LogP contribution in [0.4, 0.5) is 16.2 Å². The number of esters is 1. The smallest absolute Gasteiger partial charge is 0.306 e. The van der Waals surface area contributed by atoms with Gasteiger partial charge in [0, 0.05) is 19.9 Å². The number of fused-ring (bicyclic) bond motifs is 1. The molecule has 1 saturated heterocycles. The van der Waals surface area contributed by atoms with Crippen LogP contribution in [0.1, 0.15) is 58.1 Å². The Labute approximate surface area is 174 Å². The third-order valence-corrected chi connectivity index (χ3v) is 6.00. The molecule has 1 saturated carbocycles. The minimum Gasteiger partial charge on any atom is -0.463 e. The summed E-state index contributed by atoms with van der Waals surface area (Å²) in [6, 6.07) is 0. The van der Waals surface area contributed by atoms with E-state index in [2.05, 4.69) is 20.3 Å². The lowest BCUT2D eigenvalue weighted by Gasteiger charge is -2.22. The first-order chi connectivity index (χ1) is 14.4. The summed E-state index contributed by atoms with van der Waals surface area (Å²) < 4.78 is 28.3. The maximum atomic E-state index is 15.4. The normalized spacial score (nSPS) is 27.4. The van der Waals surface area contributed by atoms with Gasteiger partial charge in [0.15, 0.2) is 28.9 Å². The van der Waals surface area contributed by atoms with Crippen molar-refractivity contribution in [1.82, 2.24) is 19.5 Å². The number of alkyl halides is 1. The summed E-state index contributed by atoms with van der Waals surface area (Å²) >= 11 is 0. The van der Waals surface area contributed by atoms with Gasteiger partial charge in [-0.25, -0.2) is 9.37 Å². The number of hydrogen-bond acceptors (Lipinski definition) is 8. The van der Waals surface area contributed by atoms with Gasteiger partial charge in [-0.15, -0.1) is 0 Å². The van der Waals surface area contributed by atoms with Crippen molar-refractivity contribution in [1.29, 1.82) is 0 Å². The van der Waals surface area contributed by atoms with E-state index in [0.29, 0.717) is 29.3 Å². The van der Waals surface area contributed by atoms with Crippen LogP contribution in [0.3, 0.4) is 0 Å². The zero-order valence-electron chi connectivity index (χ0n) is 17.4. The van der Waals surface area contributed by atoms with Crippen LogP contribution >= 0.6 is 0 Å². The predicted molar refractivity (Wildman–Crippen MR) is 109 cm³/mol. The molecule has 0 aromatic carbocycles. The number of nitrogens with one attached hydrogen (secondary N) is 1. The van der Waals surface area contributed by atoms with Crippen molar-refractivity contribution in [2.75, 3.05) is 24.7 Å². The van der Waals surface area contributed by atoms with Gasteiger partial charge in [0.2, 0.25) is 5.95 Å². The highest BCUT2D eigenvalue weighted by atomic mass is 19.1. The van der Waals surface area contributed by atoms with Crippen LogP contribution in [0.5, 0.6) is 0 Å². The zero-order chi connectivity index (χ0) is 21.3. The van der Waals surface area contributed by atoms with Crippen LogP contribution in [-0.4, -0.2) is 50.9 Å². The van der Waals surface area contributed by atoms with Gasteiger partial charge in [0.1, 0.15) is 6.61 Å². The van der Waals surface area contributed by atoms with Gasteiger partial charge in [-0.3, -0.25) is 9.36 Å². The maximum absolute atomic E-state index is 15.4. The van der Waals surface area contributed by atoms with Gasteiger partial charge in [-0.2, -0.15) is 9.97 Å². The lowest BCUT2D eigenvalue weighted by atomic mass is 9.87. The fraction of sp³-hybridized carbons (Fsp3) is 0.700. The van der Waals surface area contributed by atoms with E-state index in [4.69, 9.17) is 15.2 Å². The Kier molecular flexibility index (Phi) is 5.77. The SMILES string of the molecule is CNc1nc(N)nc2c1ncn2[C@@H]1O[C@H](COC(=O)CC2CCCCC2)C[C@@]1(C)F. The van der Waals surface area contributed by atoms with Gasteiger partial charge in [0.05, 0.1) is 12.4 Å². The molecule has 2 fully saturated rings. The number of carbonyl (C=O) groups excluding carboxylic acids is 1. The Morgan fingerprint density at radius 3 is 2.90 bits per heavy atom. The maximum Gasteiger partial charge on any atom is 0.306 e. The second kappa shape index (κ2) is 8.33. The van der Waals surface area contributed by atoms with E-state index >= 15 is 4.39 Å². The Bertz CT molecular complexity index is 911. The van der Waals surface area contributed by atoms with Crippen molar-refractivity contribution in [2.24, 2.45) is 5.92 Å². The number of hydrogen-bond donors (Lipinski definition) is 2. The summed E-state index contributed by atoms with van der Waals surface area (Å²) in [5, 5.41) is 2.91. The molecule has 1 aliphatic carbocycles. The van der Waals surface area contributed by atoms with Crippen molar-refractivity contribution >= 4 is 28.9 Å². The molecule has 164 valence electrons. The van der Waals surface area contributed by atoms with Crippen LogP contribution in [0.25, 0.3) is 11.2 Å². The predicted octanol–water partition coefficient (Wildman–Crippen LogP) is 2.98. The largest absolute Gasteiger partial charge is 0.463 e.